The van der Waals surface area contributed by atoms with E-state index in [0.29, 0.717) is 13.1 Å². The summed E-state index contributed by atoms with van der Waals surface area (Å²) in [7, 11) is -3.65. The monoisotopic (exact) mass is 294 g/mol. The second kappa shape index (κ2) is 5.29. The molecular formula is C12H26N2O4S. The van der Waals surface area contributed by atoms with Crippen molar-refractivity contribution in [3.63, 3.8) is 0 Å². The largest absolute Gasteiger partial charge is 0.389 e. The summed E-state index contributed by atoms with van der Waals surface area (Å²) in [4.78, 5) is 0. The van der Waals surface area contributed by atoms with Crippen molar-refractivity contribution in [2.45, 2.75) is 64.9 Å². The molecule has 0 bridgehead atoms. The van der Waals surface area contributed by atoms with Gasteiger partial charge in [-0.1, -0.05) is 0 Å². The van der Waals surface area contributed by atoms with E-state index in [-0.39, 0.29) is 12.2 Å². The average molecular weight is 294 g/mol. The Hall–Kier alpha value is -0.210. The van der Waals surface area contributed by atoms with Crippen molar-refractivity contribution in [2.24, 2.45) is 0 Å². The lowest BCUT2D eigenvalue weighted by molar-refractivity contribution is -0.0455. The summed E-state index contributed by atoms with van der Waals surface area (Å²) in [6.45, 7) is 10.8. The summed E-state index contributed by atoms with van der Waals surface area (Å²) in [6, 6.07) is 0. The highest BCUT2D eigenvalue weighted by atomic mass is 32.2. The minimum absolute atomic E-state index is 0.134. The Morgan fingerprint density at radius 2 is 1.58 bits per heavy atom. The molecule has 1 fully saturated rings. The van der Waals surface area contributed by atoms with Crippen LogP contribution < -0.4 is 4.72 Å². The van der Waals surface area contributed by atoms with Crippen molar-refractivity contribution in [1.29, 1.82) is 0 Å². The molecule has 0 aromatic heterocycles. The molecule has 0 radical (unpaired) electrons. The molecule has 0 aromatic rings. The Labute approximate surface area is 116 Å². The van der Waals surface area contributed by atoms with Crippen LogP contribution in [-0.2, 0) is 14.9 Å². The Bertz CT molecular complexity index is 404. The third-order valence-electron chi connectivity index (χ3n) is 3.64. The quantitative estimate of drug-likeness (QED) is 0.790. The fraction of sp³-hybridized carbons (Fsp3) is 1.00. The zero-order valence-electron chi connectivity index (χ0n) is 12.6. The fourth-order valence-electron chi connectivity index (χ4n) is 1.84. The van der Waals surface area contributed by atoms with E-state index in [1.54, 1.807) is 27.7 Å². The van der Waals surface area contributed by atoms with Crippen LogP contribution in [0.2, 0.25) is 0 Å². The van der Waals surface area contributed by atoms with E-state index in [4.69, 9.17) is 4.74 Å². The topological polar surface area (TPSA) is 78.9 Å². The molecule has 0 aliphatic carbocycles. The third-order valence-corrected chi connectivity index (χ3v) is 5.39. The maximum atomic E-state index is 12.4. The van der Waals surface area contributed by atoms with Crippen LogP contribution in [0.5, 0.6) is 0 Å². The minimum Gasteiger partial charge on any atom is -0.389 e. The fourth-order valence-corrected chi connectivity index (χ4v) is 3.67. The molecule has 0 aromatic carbocycles. The van der Waals surface area contributed by atoms with Gasteiger partial charge in [0.2, 0.25) is 0 Å². The van der Waals surface area contributed by atoms with E-state index in [2.05, 4.69) is 4.72 Å². The van der Waals surface area contributed by atoms with Crippen molar-refractivity contribution in [2.75, 3.05) is 13.1 Å². The number of morpholine rings is 1. The zero-order chi connectivity index (χ0) is 15.1. The number of hydrogen-bond acceptors (Lipinski definition) is 4. The van der Waals surface area contributed by atoms with Crippen molar-refractivity contribution >= 4 is 10.2 Å². The normalized spacial score (nSPS) is 27.5. The predicted octanol–water partition coefficient (Wildman–Crippen LogP) is 0.480. The number of ether oxygens (including phenoxy) is 1. The van der Waals surface area contributed by atoms with Gasteiger partial charge in [0.1, 0.15) is 0 Å². The lowest BCUT2D eigenvalue weighted by Crippen LogP contribution is -2.62. The van der Waals surface area contributed by atoms with Gasteiger partial charge in [0.05, 0.1) is 23.3 Å². The van der Waals surface area contributed by atoms with E-state index in [1.807, 2.05) is 13.8 Å². The van der Waals surface area contributed by atoms with E-state index in [9.17, 15) is 13.5 Å². The van der Waals surface area contributed by atoms with Crippen molar-refractivity contribution in [3.8, 4) is 0 Å². The maximum Gasteiger partial charge on any atom is 0.280 e. The summed E-state index contributed by atoms with van der Waals surface area (Å²) in [5, 5.41) is 10.0. The van der Waals surface area contributed by atoms with Gasteiger partial charge in [0, 0.05) is 13.1 Å². The predicted molar refractivity (Wildman–Crippen MR) is 74.0 cm³/mol. The molecule has 114 valence electrons. The molecule has 2 N–H and O–H groups in total. The molecule has 1 rings (SSSR count). The number of rotatable bonds is 4. The molecular weight excluding hydrogens is 268 g/mol. The van der Waals surface area contributed by atoms with E-state index in [0.717, 1.165) is 0 Å². The van der Waals surface area contributed by atoms with Crippen molar-refractivity contribution < 1.29 is 18.3 Å². The highest BCUT2D eigenvalue weighted by Gasteiger charge is 2.41. The Morgan fingerprint density at radius 1 is 1.16 bits per heavy atom. The first-order valence-electron chi connectivity index (χ1n) is 6.52. The molecule has 1 aliphatic heterocycles. The highest BCUT2D eigenvalue weighted by Crippen LogP contribution is 2.23. The van der Waals surface area contributed by atoms with Gasteiger partial charge in [0.15, 0.2) is 0 Å². The SMILES string of the molecule is CC1CN(S(=O)(=O)NC(C)(C)C(C)(C)O)CC(C)O1. The smallest absolute Gasteiger partial charge is 0.280 e. The molecule has 7 heteroatoms. The number of hydrogen-bond donors (Lipinski definition) is 2. The van der Waals surface area contributed by atoms with Crippen LogP contribution in [0.4, 0.5) is 0 Å². The number of aliphatic hydroxyl groups is 1. The number of nitrogens with one attached hydrogen (secondary N) is 1. The molecule has 0 spiro atoms. The van der Waals surface area contributed by atoms with Crippen molar-refractivity contribution in [3.05, 3.63) is 0 Å². The molecule has 2 atom stereocenters. The molecule has 0 amide bonds. The summed E-state index contributed by atoms with van der Waals surface area (Å²) >= 11 is 0. The molecule has 6 nitrogen and oxygen atoms in total. The molecule has 1 heterocycles. The van der Waals surface area contributed by atoms with Crippen molar-refractivity contribution in [1.82, 2.24) is 9.03 Å². The summed E-state index contributed by atoms with van der Waals surface area (Å²) in [5.41, 5.74) is -2.12. The lowest BCUT2D eigenvalue weighted by atomic mass is 9.87. The lowest BCUT2D eigenvalue weighted by Gasteiger charge is -2.41. The standard InChI is InChI=1S/C12H26N2O4S/c1-9-7-14(8-10(2)18-9)19(16,17)13-11(3,4)12(5,6)15/h9-10,13,15H,7-8H2,1-6H3. The van der Waals surface area contributed by atoms with Crippen LogP contribution in [0.25, 0.3) is 0 Å². The van der Waals surface area contributed by atoms with Crippen LogP contribution in [-0.4, -0.2) is 54.3 Å². The van der Waals surface area contributed by atoms with Crippen LogP contribution in [0.3, 0.4) is 0 Å². The maximum absolute atomic E-state index is 12.4. The molecule has 0 saturated carbocycles. The van der Waals surface area contributed by atoms with Gasteiger partial charge in [-0.15, -0.1) is 0 Å². The first kappa shape index (κ1) is 16.8. The molecule has 19 heavy (non-hydrogen) atoms. The Morgan fingerprint density at radius 3 is 1.95 bits per heavy atom. The van der Waals surface area contributed by atoms with Crippen LogP contribution in [0.1, 0.15) is 41.5 Å². The van der Waals surface area contributed by atoms with E-state index in [1.165, 1.54) is 4.31 Å². The van der Waals surface area contributed by atoms with Gasteiger partial charge >= 0.3 is 0 Å². The Kier molecular flexibility index (Phi) is 4.69. The second-order valence-corrected chi connectivity index (χ2v) is 8.04. The van der Waals surface area contributed by atoms with Gasteiger partial charge in [-0.05, 0) is 41.5 Å². The average Bonchev–Trinajstić information content (AvgIpc) is 2.12. The Balaban J connectivity index is 2.87. The summed E-state index contributed by atoms with van der Waals surface area (Å²) in [6.07, 6.45) is -0.267. The molecule has 1 aliphatic rings. The second-order valence-electron chi connectivity index (χ2n) is 6.37. The molecule has 1 saturated heterocycles. The first-order chi connectivity index (χ1) is 8.35. The van der Waals surface area contributed by atoms with E-state index >= 15 is 0 Å². The van der Waals surface area contributed by atoms with Crippen LogP contribution in [0.15, 0.2) is 0 Å². The van der Waals surface area contributed by atoms with Gasteiger partial charge < -0.3 is 9.84 Å². The zero-order valence-corrected chi connectivity index (χ0v) is 13.4. The minimum atomic E-state index is -3.65. The van der Waals surface area contributed by atoms with Gasteiger partial charge in [-0.25, -0.2) is 0 Å². The van der Waals surface area contributed by atoms with Gasteiger partial charge in [-0.2, -0.15) is 17.4 Å². The molecule has 2 unspecified atom stereocenters. The summed E-state index contributed by atoms with van der Waals surface area (Å²) < 4.78 is 34.3. The first-order valence-corrected chi connectivity index (χ1v) is 7.96. The van der Waals surface area contributed by atoms with E-state index < -0.39 is 21.3 Å². The summed E-state index contributed by atoms with van der Waals surface area (Å²) in [5.74, 6) is 0. The van der Waals surface area contributed by atoms with Gasteiger partial charge in [-0.3, -0.25) is 0 Å². The third kappa shape index (κ3) is 4.13. The number of nitrogens with zero attached hydrogens (tertiary/aromatic N) is 1. The van der Waals surface area contributed by atoms with Crippen LogP contribution >= 0.6 is 0 Å². The van der Waals surface area contributed by atoms with Crippen LogP contribution in [0, 0.1) is 0 Å². The highest BCUT2D eigenvalue weighted by molar-refractivity contribution is 7.87. The van der Waals surface area contributed by atoms with Gasteiger partial charge in [0.25, 0.3) is 10.2 Å².